The number of hydrazine groups is 1. The van der Waals surface area contributed by atoms with Gasteiger partial charge in [-0.05, 0) is 18.1 Å². The fourth-order valence-corrected chi connectivity index (χ4v) is 2.34. The Morgan fingerprint density at radius 1 is 1.37 bits per heavy atom. The standard InChI is InChI=1S/C13H15N3O2S/c1-9-7-18-13(15-9)19-8-11-4-2-10(3-5-11)6-12(17)16-14/h2-5,7H,6,8,14H2,1H3,(H,16,17). The molecule has 0 bridgehead atoms. The minimum atomic E-state index is -0.197. The minimum Gasteiger partial charge on any atom is -0.440 e. The summed E-state index contributed by atoms with van der Waals surface area (Å²) in [5, 5.41) is 0.670. The van der Waals surface area contributed by atoms with Gasteiger partial charge in [0.05, 0.1) is 12.1 Å². The number of rotatable bonds is 5. The number of nitrogens with one attached hydrogen (secondary N) is 1. The summed E-state index contributed by atoms with van der Waals surface area (Å²) in [5.41, 5.74) is 5.08. The molecule has 0 spiro atoms. The van der Waals surface area contributed by atoms with Crippen molar-refractivity contribution in [2.24, 2.45) is 5.84 Å². The maximum absolute atomic E-state index is 11.1. The summed E-state index contributed by atoms with van der Waals surface area (Å²) in [6.45, 7) is 1.89. The van der Waals surface area contributed by atoms with E-state index >= 15 is 0 Å². The lowest BCUT2D eigenvalue weighted by Crippen LogP contribution is -2.31. The molecule has 0 aliphatic rings. The van der Waals surface area contributed by atoms with Crippen LogP contribution < -0.4 is 11.3 Å². The van der Waals surface area contributed by atoms with Crippen molar-refractivity contribution in [3.8, 4) is 0 Å². The maximum atomic E-state index is 11.1. The number of carbonyl (C=O) groups is 1. The lowest BCUT2D eigenvalue weighted by atomic mass is 10.1. The van der Waals surface area contributed by atoms with E-state index < -0.39 is 0 Å². The number of thioether (sulfide) groups is 1. The number of aromatic nitrogens is 1. The number of aryl methyl sites for hydroxylation is 1. The number of nitrogens with zero attached hydrogens (tertiary/aromatic N) is 1. The molecule has 19 heavy (non-hydrogen) atoms. The largest absolute Gasteiger partial charge is 0.440 e. The average Bonchev–Trinajstić information content (AvgIpc) is 2.83. The second-order valence-electron chi connectivity index (χ2n) is 4.10. The summed E-state index contributed by atoms with van der Waals surface area (Å²) in [4.78, 5) is 15.3. The van der Waals surface area contributed by atoms with Gasteiger partial charge in [0.2, 0.25) is 5.91 Å². The summed E-state index contributed by atoms with van der Waals surface area (Å²) >= 11 is 1.54. The van der Waals surface area contributed by atoms with Gasteiger partial charge in [-0.1, -0.05) is 36.0 Å². The molecule has 100 valence electrons. The Bertz CT molecular complexity index is 551. The Morgan fingerprint density at radius 2 is 2.05 bits per heavy atom. The molecule has 3 N–H and O–H groups in total. The van der Waals surface area contributed by atoms with Crippen LogP contribution in [0.4, 0.5) is 0 Å². The Morgan fingerprint density at radius 3 is 2.63 bits per heavy atom. The van der Waals surface area contributed by atoms with Crippen LogP contribution in [-0.2, 0) is 17.0 Å². The molecule has 0 aliphatic heterocycles. The smallest absolute Gasteiger partial charge is 0.256 e. The van der Waals surface area contributed by atoms with Crippen LogP contribution in [0.5, 0.6) is 0 Å². The lowest BCUT2D eigenvalue weighted by Gasteiger charge is -2.02. The molecule has 0 saturated heterocycles. The van der Waals surface area contributed by atoms with Gasteiger partial charge in [0.25, 0.3) is 5.22 Å². The molecule has 0 radical (unpaired) electrons. The van der Waals surface area contributed by atoms with Gasteiger partial charge in [0.15, 0.2) is 0 Å². The highest BCUT2D eigenvalue weighted by Gasteiger charge is 2.04. The van der Waals surface area contributed by atoms with Crippen LogP contribution >= 0.6 is 11.8 Å². The molecule has 0 aliphatic carbocycles. The van der Waals surface area contributed by atoms with Crippen molar-refractivity contribution in [3.63, 3.8) is 0 Å². The van der Waals surface area contributed by atoms with E-state index in [1.807, 2.05) is 31.2 Å². The molecule has 5 nitrogen and oxygen atoms in total. The van der Waals surface area contributed by atoms with E-state index in [1.165, 1.54) is 0 Å². The van der Waals surface area contributed by atoms with Crippen LogP contribution in [0.15, 0.2) is 40.2 Å². The Hall–Kier alpha value is -1.79. The summed E-state index contributed by atoms with van der Waals surface area (Å²) < 4.78 is 5.26. The van der Waals surface area contributed by atoms with Crippen molar-refractivity contribution in [1.29, 1.82) is 0 Å². The second-order valence-corrected chi connectivity index (χ2v) is 5.03. The van der Waals surface area contributed by atoms with E-state index in [1.54, 1.807) is 18.0 Å². The normalized spacial score (nSPS) is 10.4. The van der Waals surface area contributed by atoms with Gasteiger partial charge in [-0.2, -0.15) is 0 Å². The van der Waals surface area contributed by atoms with Crippen LogP contribution in [-0.4, -0.2) is 10.9 Å². The maximum Gasteiger partial charge on any atom is 0.256 e. The molecule has 1 heterocycles. The first kappa shape index (κ1) is 13.6. The second kappa shape index (κ2) is 6.40. The molecule has 6 heteroatoms. The van der Waals surface area contributed by atoms with Gasteiger partial charge in [0, 0.05) is 5.75 Å². The number of carbonyl (C=O) groups excluding carboxylic acids is 1. The molecule has 1 aromatic heterocycles. The van der Waals surface area contributed by atoms with E-state index in [4.69, 9.17) is 10.3 Å². The molecule has 1 amide bonds. The molecule has 0 unspecified atom stereocenters. The molecule has 0 atom stereocenters. The summed E-state index contributed by atoms with van der Waals surface area (Å²) in [5.74, 6) is 5.63. The third-order valence-corrected chi connectivity index (χ3v) is 3.42. The molecule has 2 aromatic rings. The van der Waals surface area contributed by atoms with Gasteiger partial charge in [-0.25, -0.2) is 10.8 Å². The fourth-order valence-electron chi connectivity index (χ4n) is 1.53. The predicted molar refractivity (Wildman–Crippen MR) is 73.3 cm³/mol. The molecule has 0 fully saturated rings. The zero-order valence-electron chi connectivity index (χ0n) is 10.6. The van der Waals surface area contributed by atoms with Crippen molar-refractivity contribution in [2.45, 2.75) is 24.3 Å². The first-order valence-corrected chi connectivity index (χ1v) is 6.78. The number of nitrogens with two attached hydrogens (primary N) is 1. The van der Waals surface area contributed by atoms with Crippen LogP contribution in [0, 0.1) is 6.92 Å². The quantitative estimate of drug-likeness (QED) is 0.377. The number of hydrogen-bond acceptors (Lipinski definition) is 5. The first-order chi connectivity index (χ1) is 9.17. The highest BCUT2D eigenvalue weighted by atomic mass is 32.2. The van der Waals surface area contributed by atoms with Gasteiger partial charge in [0.1, 0.15) is 6.26 Å². The number of oxazole rings is 1. The Labute approximate surface area is 115 Å². The minimum absolute atomic E-state index is 0.197. The van der Waals surface area contributed by atoms with Crippen LogP contribution in [0.1, 0.15) is 16.8 Å². The van der Waals surface area contributed by atoms with Gasteiger partial charge >= 0.3 is 0 Å². The topological polar surface area (TPSA) is 81.2 Å². The van der Waals surface area contributed by atoms with Crippen molar-refractivity contribution in [1.82, 2.24) is 10.4 Å². The molecule has 1 aromatic carbocycles. The average molecular weight is 277 g/mol. The summed E-state index contributed by atoms with van der Waals surface area (Å²) in [6, 6.07) is 7.82. The molecule has 0 saturated carbocycles. The zero-order chi connectivity index (χ0) is 13.7. The summed E-state index contributed by atoms with van der Waals surface area (Å²) in [6.07, 6.45) is 1.93. The van der Waals surface area contributed by atoms with Gasteiger partial charge in [-0.15, -0.1) is 0 Å². The Kier molecular flexibility index (Phi) is 4.59. The van der Waals surface area contributed by atoms with Crippen molar-refractivity contribution in [2.75, 3.05) is 0 Å². The third kappa shape index (κ3) is 4.11. The SMILES string of the molecule is Cc1coc(SCc2ccc(CC(=O)NN)cc2)n1. The van der Waals surface area contributed by atoms with Gasteiger partial charge in [-0.3, -0.25) is 10.2 Å². The first-order valence-electron chi connectivity index (χ1n) is 5.79. The van der Waals surface area contributed by atoms with Crippen LogP contribution in [0.3, 0.4) is 0 Å². The highest BCUT2D eigenvalue weighted by Crippen LogP contribution is 2.22. The number of amides is 1. The molecular formula is C13H15N3O2S. The van der Waals surface area contributed by atoms with Crippen LogP contribution in [0.25, 0.3) is 0 Å². The Balaban J connectivity index is 1.89. The molecule has 2 rings (SSSR count). The van der Waals surface area contributed by atoms with E-state index in [9.17, 15) is 4.79 Å². The van der Waals surface area contributed by atoms with Gasteiger partial charge < -0.3 is 4.42 Å². The monoisotopic (exact) mass is 277 g/mol. The highest BCUT2D eigenvalue weighted by molar-refractivity contribution is 7.98. The third-order valence-electron chi connectivity index (χ3n) is 2.51. The summed E-state index contributed by atoms with van der Waals surface area (Å²) in [7, 11) is 0. The van der Waals surface area contributed by atoms with Crippen molar-refractivity contribution < 1.29 is 9.21 Å². The number of hydrogen-bond donors (Lipinski definition) is 2. The van der Waals surface area contributed by atoms with E-state index in [0.717, 1.165) is 22.6 Å². The van der Waals surface area contributed by atoms with E-state index in [0.29, 0.717) is 11.6 Å². The number of benzene rings is 1. The van der Waals surface area contributed by atoms with Crippen molar-refractivity contribution >= 4 is 17.7 Å². The fraction of sp³-hybridized carbons (Fsp3) is 0.231. The van der Waals surface area contributed by atoms with Crippen molar-refractivity contribution in [3.05, 3.63) is 47.3 Å². The van der Waals surface area contributed by atoms with Crippen LogP contribution in [0.2, 0.25) is 0 Å². The lowest BCUT2D eigenvalue weighted by molar-refractivity contribution is -0.120. The zero-order valence-corrected chi connectivity index (χ0v) is 11.4. The predicted octanol–water partition coefficient (Wildman–Crippen LogP) is 1.81. The van der Waals surface area contributed by atoms with E-state index in [-0.39, 0.29) is 5.91 Å². The molecular weight excluding hydrogens is 262 g/mol. The van der Waals surface area contributed by atoms with E-state index in [2.05, 4.69) is 10.4 Å².